The van der Waals surface area contributed by atoms with Crippen LogP contribution in [-0.4, -0.2) is 40.2 Å². The highest BCUT2D eigenvalue weighted by molar-refractivity contribution is 5.94. The fourth-order valence-corrected chi connectivity index (χ4v) is 3.63. The second kappa shape index (κ2) is 6.41. The zero-order valence-corrected chi connectivity index (χ0v) is 14.1. The molecule has 0 spiro atoms. The van der Waals surface area contributed by atoms with Gasteiger partial charge in [-0.2, -0.15) is 5.10 Å². The van der Waals surface area contributed by atoms with Crippen LogP contribution in [0.2, 0.25) is 0 Å². The van der Waals surface area contributed by atoms with Crippen LogP contribution in [0.5, 0.6) is 0 Å². The lowest BCUT2D eigenvalue weighted by Gasteiger charge is -2.24. The van der Waals surface area contributed by atoms with Crippen molar-refractivity contribution >= 4 is 5.91 Å². The van der Waals surface area contributed by atoms with Crippen molar-refractivity contribution < 1.29 is 4.79 Å². The standard InChI is InChI=1S/C17H28N4O/c1-12(2)10-21-15-8-9-20(3)11-14(15)16(19-21)17(22)18-13-6-4-5-7-13/h12-13H,4-11H2,1-3H3,(H,18,22). The molecule has 1 amide bonds. The number of hydrogen-bond donors (Lipinski definition) is 1. The Kier molecular flexibility index (Phi) is 4.52. The number of amides is 1. The summed E-state index contributed by atoms with van der Waals surface area (Å²) >= 11 is 0. The maximum absolute atomic E-state index is 12.7. The molecular formula is C17H28N4O. The fourth-order valence-electron chi connectivity index (χ4n) is 3.63. The quantitative estimate of drug-likeness (QED) is 0.928. The molecule has 1 aromatic rings. The van der Waals surface area contributed by atoms with E-state index in [-0.39, 0.29) is 5.91 Å². The van der Waals surface area contributed by atoms with E-state index in [2.05, 4.69) is 40.9 Å². The molecule has 1 fully saturated rings. The van der Waals surface area contributed by atoms with Gasteiger partial charge >= 0.3 is 0 Å². The fraction of sp³-hybridized carbons (Fsp3) is 0.765. The van der Waals surface area contributed by atoms with Crippen molar-refractivity contribution in [2.24, 2.45) is 5.92 Å². The van der Waals surface area contributed by atoms with Gasteiger partial charge in [-0.15, -0.1) is 0 Å². The molecule has 1 N–H and O–H groups in total. The molecule has 5 nitrogen and oxygen atoms in total. The van der Waals surface area contributed by atoms with Crippen molar-refractivity contribution in [3.8, 4) is 0 Å². The Bertz CT molecular complexity index is 543. The molecule has 1 aromatic heterocycles. The van der Waals surface area contributed by atoms with Gasteiger partial charge in [0, 0.05) is 43.4 Å². The van der Waals surface area contributed by atoms with E-state index in [4.69, 9.17) is 0 Å². The maximum Gasteiger partial charge on any atom is 0.272 e. The van der Waals surface area contributed by atoms with Crippen molar-refractivity contribution in [2.75, 3.05) is 13.6 Å². The molecule has 1 aliphatic heterocycles. The highest BCUT2D eigenvalue weighted by Gasteiger charge is 2.28. The summed E-state index contributed by atoms with van der Waals surface area (Å²) in [5.74, 6) is 0.565. The van der Waals surface area contributed by atoms with Gasteiger partial charge in [0.05, 0.1) is 0 Å². The molecule has 0 saturated heterocycles. The third-order valence-electron chi connectivity index (χ3n) is 4.77. The van der Waals surface area contributed by atoms with Gasteiger partial charge in [-0.3, -0.25) is 9.48 Å². The topological polar surface area (TPSA) is 50.2 Å². The van der Waals surface area contributed by atoms with E-state index < -0.39 is 0 Å². The summed E-state index contributed by atoms with van der Waals surface area (Å²) in [4.78, 5) is 14.9. The number of aromatic nitrogens is 2. The smallest absolute Gasteiger partial charge is 0.272 e. The lowest BCUT2D eigenvalue weighted by Crippen LogP contribution is -2.34. The number of rotatable bonds is 4. The SMILES string of the molecule is CC(C)Cn1nc(C(=O)NC2CCCC2)c2c1CCN(C)C2. The van der Waals surface area contributed by atoms with Crippen molar-refractivity contribution in [1.29, 1.82) is 0 Å². The van der Waals surface area contributed by atoms with E-state index in [0.717, 1.165) is 44.5 Å². The first-order chi connectivity index (χ1) is 10.5. The van der Waals surface area contributed by atoms with Gasteiger partial charge in [0.1, 0.15) is 0 Å². The van der Waals surface area contributed by atoms with Gasteiger partial charge in [-0.1, -0.05) is 26.7 Å². The molecule has 2 heterocycles. The summed E-state index contributed by atoms with van der Waals surface area (Å²) < 4.78 is 2.08. The van der Waals surface area contributed by atoms with Gasteiger partial charge in [-0.25, -0.2) is 0 Å². The number of nitrogens with one attached hydrogen (secondary N) is 1. The predicted molar refractivity (Wildman–Crippen MR) is 86.8 cm³/mol. The molecule has 0 unspecified atom stereocenters. The van der Waals surface area contributed by atoms with Crippen molar-refractivity contribution in [1.82, 2.24) is 20.0 Å². The number of fused-ring (bicyclic) bond motifs is 1. The summed E-state index contributed by atoms with van der Waals surface area (Å²) in [7, 11) is 2.11. The van der Waals surface area contributed by atoms with Gasteiger partial charge < -0.3 is 10.2 Å². The van der Waals surface area contributed by atoms with Crippen LogP contribution in [0.3, 0.4) is 0 Å². The largest absolute Gasteiger partial charge is 0.348 e. The summed E-state index contributed by atoms with van der Waals surface area (Å²) in [5.41, 5.74) is 3.07. The third kappa shape index (κ3) is 3.19. The van der Waals surface area contributed by atoms with E-state index in [1.807, 2.05) is 0 Å². The average Bonchev–Trinajstić information content (AvgIpc) is 3.06. The zero-order chi connectivity index (χ0) is 15.7. The van der Waals surface area contributed by atoms with Crippen LogP contribution in [0.25, 0.3) is 0 Å². The van der Waals surface area contributed by atoms with Gasteiger partial charge in [0.2, 0.25) is 0 Å². The predicted octanol–water partition coefficient (Wildman–Crippen LogP) is 2.20. The van der Waals surface area contributed by atoms with Crippen LogP contribution >= 0.6 is 0 Å². The Hall–Kier alpha value is -1.36. The van der Waals surface area contributed by atoms with Crippen molar-refractivity contribution in [2.45, 2.75) is 65.1 Å². The Labute approximate surface area is 133 Å². The lowest BCUT2D eigenvalue weighted by atomic mass is 10.0. The normalized spacial score (nSPS) is 19.6. The molecule has 3 rings (SSSR count). The first-order valence-corrected chi connectivity index (χ1v) is 8.62. The first-order valence-electron chi connectivity index (χ1n) is 8.62. The molecule has 0 bridgehead atoms. The molecule has 22 heavy (non-hydrogen) atoms. The molecule has 5 heteroatoms. The number of nitrogens with zero attached hydrogens (tertiary/aromatic N) is 3. The summed E-state index contributed by atoms with van der Waals surface area (Å²) in [5, 5.41) is 7.88. The van der Waals surface area contributed by atoms with E-state index in [1.54, 1.807) is 0 Å². The van der Waals surface area contributed by atoms with Crippen LogP contribution in [0.15, 0.2) is 0 Å². The van der Waals surface area contributed by atoms with Crippen LogP contribution < -0.4 is 5.32 Å². The number of hydrogen-bond acceptors (Lipinski definition) is 3. The minimum absolute atomic E-state index is 0.0287. The number of carbonyl (C=O) groups excluding carboxylic acids is 1. The summed E-state index contributed by atoms with van der Waals surface area (Å²) in [6.07, 6.45) is 5.67. The lowest BCUT2D eigenvalue weighted by molar-refractivity contribution is 0.0930. The monoisotopic (exact) mass is 304 g/mol. The minimum atomic E-state index is 0.0287. The van der Waals surface area contributed by atoms with E-state index >= 15 is 0 Å². The molecule has 0 aromatic carbocycles. The van der Waals surface area contributed by atoms with E-state index in [9.17, 15) is 4.79 Å². The second-order valence-electron chi connectivity index (χ2n) is 7.29. The van der Waals surface area contributed by atoms with Crippen LogP contribution in [0.4, 0.5) is 0 Å². The molecule has 0 radical (unpaired) electrons. The highest BCUT2D eigenvalue weighted by atomic mass is 16.2. The Morgan fingerprint density at radius 1 is 1.36 bits per heavy atom. The first kappa shape index (κ1) is 15.5. The molecule has 122 valence electrons. The Morgan fingerprint density at radius 3 is 2.77 bits per heavy atom. The van der Waals surface area contributed by atoms with Crippen LogP contribution in [0, 0.1) is 5.92 Å². The van der Waals surface area contributed by atoms with Crippen molar-refractivity contribution in [3.05, 3.63) is 17.0 Å². The maximum atomic E-state index is 12.7. The summed E-state index contributed by atoms with van der Waals surface area (Å²) in [6, 6.07) is 0.347. The van der Waals surface area contributed by atoms with Crippen LogP contribution in [-0.2, 0) is 19.5 Å². The second-order valence-corrected chi connectivity index (χ2v) is 7.29. The Morgan fingerprint density at radius 2 is 2.09 bits per heavy atom. The van der Waals surface area contributed by atoms with Gasteiger partial charge in [-0.05, 0) is 25.8 Å². The summed E-state index contributed by atoms with van der Waals surface area (Å²) in [6.45, 7) is 7.16. The minimum Gasteiger partial charge on any atom is -0.348 e. The molecule has 1 saturated carbocycles. The van der Waals surface area contributed by atoms with Gasteiger partial charge in [0.15, 0.2) is 5.69 Å². The highest BCUT2D eigenvalue weighted by Crippen LogP contribution is 2.24. The van der Waals surface area contributed by atoms with E-state index in [0.29, 0.717) is 17.7 Å². The van der Waals surface area contributed by atoms with Crippen LogP contribution in [0.1, 0.15) is 61.3 Å². The number of carbonyl (C=O) groups is 1. The van der Waals surface area contributed by atoms with Gasteiger partial charge in [0.25, 0.3) is 5.91 Å². The number of likely N-dealkylation sites (N-methyl/N-ethyl adjacent to an activating group) is 1. The Balaban J connectivity index is 1.85. The molecule has 0 atom stereocenters. The average molecular weight is 304 g/mol. The molecule has 2 aliphatic rings. The van der Waals surface area contributed by atoms with Crippen molar-refractivity contribution in [3.63, 3.8) is 0 Å². The molecule has 1 aliphatic carbocycles. The zero-order valence-electron chi connectivity index (χ0n) is 14.1. The molecular weight excluding hydrogens is 276 g/mol. The third-order valence-corrected chi connectivity index (χ3v) is 4.77. The van der Waals surface area contributed by atoms with E-state index in [1.165, 1.54) is 18.5 Å².